The van der Waals surface area contributed by atoms with Crippen LogP contribution in [0.4, 0.5) is 0 Å². The molecular weight excluding hydrogens is 338 g/mol. The second-order valence-electron chi connectivity index (χ2n) is 5.56. The van der Waals surface area contributed by atoms with Crippen LogP contribution in [0.1, 0.15) is 11.1 Å². The minimum Gasteiger partial charge on any atom is -0.480 e. The van der Waals surface area contributed by atoms with Crippen molar-refractivity contribution in [1.82, 2.24) is 4.90 Å². The molecule has 0 aliphatic carbocycles. The third-order valence-corrected chi connectivity index (χ3v) is 5.06. The SMILES string of the molecule is O=C(O)C1Cc2cc3c(cc2CN1C(=O)C(CS)CS)OCO3. The number of nitrogens with zero attached hydrogens (tertiary/aromatic N) is 1. The number of benzene rings is 1. The Hall–Kier alpha value is -1.54. The van der Waals surface area contributed by atoms with Crippen molar-refractivity contribution in [3.8, 4) is 11.5 Å². The number of aliphatic carboxylic acids is 1. The number of hydrogen-bond acceptors (Lipinski definition) is 6. The molecule has 2 aliphatic rings. The van der Waals surface area contributed by atoms with Gasteiger partial charge in [-0.05, 0) is 23.3 Å². The molecule has 124 valence electrons. The zero-order chi connectivity index (χ0) is 16.6. The van der Waals surface area contributed by atoms with Crippen LogP contribution in [0.25, 0.3) is 0 Å². The van der Waals surface area contributed by atoms with E-state index < -0.39 is 17.9 Å². The van der Waals surface area contributed by atoms with Crippen LogP contribution in [0.15, 0.2) is 12.1 Å². The molecular formula is C15H17NO5S2. The summed E-state index contributed by atoms with van der Waals surface area (Å²) in [6.07, 6.45) is 0.249. The molecule has 0 saturated heterocycles. The van der Waals surface area contributed by atoms with E-state index in [0.29, 0.717) is 23.0 Å². The molecule has 6 nitrogen and oxygen atoms in total. The highest BCUT2D eigenvalue weighted by atomic mass is 32.1. The van der Waals surface area contributed by atoms with Gasteiger partial charge in [0.25, 0.3) is 0 Å². The third-order valence-electron chi connectivity index (χ3n) is 4.18. The lowest BCUT2D eigenvalue weighted by Gasteiger charge is -2.36. The molecule has 1 atom stereocenters. The Kier molecular flexibility index (Phi) is 4.63. The molecule has 1 unspecified atom stereocenters. The largest absolute Gasteiger partial charge is 0.480 e. The summed E-state index contributed by atoms with van der Waals surface area (Å²) >= 11 is 8.33. The Labute approximate surface area is 144 Å². The molecule has 1 aromatic rings. The van der Waals surface area contributed by atoms with E-state index in [0.717, 1.165) is 11.1 Å². The monoisotopic (exact) mass is 355 g/mol. The second kappa shape index (κ2) is 6.52. The zero-order valence-electron chi connectivity index (χ0n) is 12.3. The number of carbonyl (C=O) groups excluding carboxylic acids is 1. The summed E-state index contributed by atoms with van der Waals surface area (Å²) in [4.78, 5) is 25.7. The van der Waals surface area contributed by atoms with Crippen LogP contribution in [0.5, 0.6) is 11.5 Å². The summed E-state index contributed by atoms with van der Waals surface area (Å²) in [6, 6.07) is 2.74. The number of fused-ring (bicyclic) bond motifs is 2. The van der Waals surface area contributed by atoms with Crippen molar-refractivity contribution in [3.05, 3.63) is 23.3 Å². The molecule has 0 fully saturated rings. The third kappa shape index (κ3) is 2.97. The normalized spacial score (nSPS) is 18.9. The molecule has 0 bridgehead atoms. The fourth-order valence-corrected chi connectivity index (χ4v) is 3.65. The predicted octanol–water partition coefficient (Wildman–Crippen LogP) is 1.23. The number of rotatable bonds is 4. The van der Waals surface area contributed by atoms with E-state index in [1.807, 2.05) is 12.1 Å². The molecule has 2 aliphatic heterocycles. The average Bonchev–Trinajstić information content (AvgIpc) is 2.99. The van der Waals surface area contributed by atoms with Crippen molar-refractivity contribution in [1.29, 1.82) is 0 Å². The van der Waals surface area contributed by atoms with Crippen LogP contribution < -0.4 is 9.47 Å². The van der Waals surface area contributed by atoms with E-state index in [1.54, 1.807) is 0 Å². The number of carboxylic acids is 1. The lowest BCUT2D eigenvalue weighted by Crippen LogP contribution is -2.51. The minimum atomic E-state index is -1.02. The molecule has 2 heterocycles. The van der Waals surface area contributed by atoms with Gasteiger partial charge in [-0.2, -0.15) is 25.3 Å². The lowest BCUT2D eigenvalue weighted by atomic mass is 9.92. The maximum atomic E-state index is 12.6. The van der Waals surface area contributed by atoms with Crippen LogP contribution in [0.3, 0.4) is 0 Å². The Morgan fingerprint density at radius 2 is 1.83 bits per heavy atom. The van der Waals surface area contributed by atoms with Crippen molar-refractivity contribution in [3.63, 3.8) is 0 Å². The summed E-state index contributed by atoms with van der Waals surface area (Å²) in [5.41, 5.74) is 1.76. The van der Waals surface area contributed by atoms with Crippen LogP contribution in [-0.2, 0) is 22.6 Å². The maximum Gasteiger partial charge on any atom is 0.326 e. The highest BCUT2D eigenvalue weighted by Gasteiger charge is 2.37. The number of amides is 1. The van der Waals surface area contributed by atoms with Crippen LogP contribution in [0.2, 0.25) is 0 Å². The second-order valence-corrected chi connectivity index (χ2v) is 6.29. The predicted molar refractivity (Wildman–Crippen MR) is 89.4 cm³/mol. The molecule has 0 spiro atoms. The molecule has 8 heteroatoms. The summed E-state index contributed by atoms with van der Waals surface area (Å²) in [6.45, 7) is 0.393. The first-order valence-electron chi connectivity index (χ1n) is 7.21. The van der Waals surface area contributed by atoms with E-state index in [2.05, 4.69) is 25.3 Å². The number of ether oxygens (including phenoxy) is 2. The first-order valence-corrected chi connectivity index (χ1v) is 8.48. The summed E-state index contributed by atoms with van der Waals surface area (Å²) in [7, 11) is 0. The van der Waals surface area contributed by atoms with Crippen molar-refractivity contribution >= 4 is 37.1 Å². The van der Waals surface area contributed by atoms with Gasteiger partial charge in [-0.3, -0.25) is 4.79 Å². The molecule has 0 radical (unpaired) electrons. The Morgan fingerprint density at radius 1 is 1.22 bits per heavy atom. The average molecular weight is 355 g/mol. The molecule has 0 saturated carbocycles. The van der Waals surface area contributed by atoms with E-state index in [1.165, 1.54) is 4.90 Å². The Morgan fingerprint density at radius 3 is 2.39 bits per heavy atom. The first-order chi connectivity index (χ1) is 11.0. The maximum absolute atomic E-state index is 12.6. The van der Waals surface area contributed by atoms with Crippen molar-refractivity contribution in [2.24, 2.45) is 5.92 Å². The summed E-state index contributed by atoms with van der Waals surface area (Å²) in [5, 5.41) is 9.52. The van der Waals surface area contributed by atoms with Gasteiger partial charge < -0.3 is 19.5 Å². The van der Waals surface area contributed by atoms with Crippen LogP contribution in [-0.4, -0.2) is 46.2 Å². The van der Waals surface area contributed by atoms with Gasteiger partial charge in [0.2, 0.25) is 12.7 Å². The molecule has 23 heavy (non-hydrogen) atoms. The zero-order valence-corrected chi connectivity index (χ0v) is 14.1. The quantitative estimate of drug-likeness (QED) is 0.709. The summed E-state index contributed by atoms with van der Waals surface area (Å²) in [5.74, 6) is 0.267. The molecule has 1 N–H and O–H groups in total. The fraction of sp³-hybridized carbons (Fsp3) is 0.467. The van der Waals surface area contributed by atoms with E-state index in [4.69, 9.17) is 9.47 Å². The standard InChI is InChI=1S/C15H17NO5S2/c17-14(10(5-22)6-23)16-4-9-3-13-12(20-7-21-13)2-8(9)1-11(16)15(18)19/h2-3,10-11,22-23H,1,4-7H2,(H,18,19). The first kappa shape index (κ1) is 16.3. The van der Waals surface area contributed by atoms with Gasteiger partial charge in [-0.1, -0.05) is 0 Å². The number of carboxylic acid groups (broad SMARTS) is 1. The van der Waals surface area contributed by atoms with Gasteiger partial charge in [0.05, 0.1) is 5.92 Å². The summed E-state index contributed by atoms with van der Waals surface area (Å²) < 4.78 is 10.7. The van der Waals surface area contributed by atoms with E-state index in [-0.39, 0.29) is 25.7 Å². The highest BCUT2D eigenvalue weighted by Crippen LogP contribution is 2.38. The van der Waals surface area contributed by atoms with Gasteiger partial charge in [0.15, 0.2) is 11.5 Å². The Bertz CT molecular complexity index is 647. The van der Waals surface area contributed by atoms with Gasteiger partial charge >= 0.3 is 5.97 Å². The minimum absolute atomic E-state index is 0.157. The fourth-order valence-electron chi connectivity index (χ4n) is 2.88. The number of hydrogen-bond donors (Lipinski definition) is 3. The van der Waals surface area contributed by atoms with Crippen molar-refractivity contribution in [2.45, 2.75) is 19.0 Å². The van der Waals surface area contributed by atoms with Gasteiger partial charge in [-0.25, -0.2) is 4.79 Å². The highest BCUT2D eigenvalue weighted by molar-refractivity contribution is 7.81. The molecule has 3 rings (SSSR count). The molecule has 1 aromatic carbocycles. The van der Waals surface area contributed by atoms with Crippen LogP contribution >= 0.6 is 25.3 Å². The van der Waals surface area contributed by atoms with Crippen molar-refractivity contribution < 1.29 is 24.2 Å². The lowest BCUT2D eigenvalue weighted by molar-refractivity contribution is -0.152. The van der Waals surface area contributed by atoms with Gasteiger partial charge in [0, 0.05) is 24.5 Å². The van der Waals surface area contributed by atoms with E-state index in [9.17, 15) is 14.7 Å². The van der Waals surface area contributed by atoms with Crippen molar-refractivity contribution in [2.75, 3.05) is 18.3 Å². The van der Waals surface area contributed by atoms with E-state index >= 15 is 0 Å². The molecule has 1 amide bonds. The van der Waals surface area contributed by atoms with Gasteiger partial charge in [0.1, 0.15) is 6.04 Å². The van der Waals surface area contributed by atoms with Crippen LogP contribution in [0, 0.1) is 5.92 Å². The topological polar surface area (TPSA) is 76.1 Å². The Balaban J connectivity index is 1.94. The number of thiol groups is 2. The number of carbonyl (C=O) groups is 2. The van der Waals surface area contributed by atoms with Gasteiger partial charge in [-0.15, -0.1) is 0 Å². The smallest absolute Gasteiger partial charge is 0.326 e. The molecule has 0 aromatic heterocycles.